The highest BCUT2D eigenvalue weighted by Gasteiger charge is 2.24. The Labute approximate surface area is 118 Å². The Morgan fingerprint density at radius 1 is 1.35 bits per heavy atom. The molecule has 1 saturated heterocycles. The molecule has 0 aromatic carbocycles. The lowest BCUT2D eigenvalue weighted by molar-refractivity contribution is 0.480. The van der Waals surface area contributed by atoms with E-state index in [1.54, 1.807) is 6.33 Å². The molecule has 0 bridgehead atoms. The monoisotopic (exact) mass is 272 g/mol. The summed E-state index contributed by atoms with van der Waals surface area (Å²) in [5.41, 5.74) is 1.30. The van der Waals surface area contributed by atoms with Crippen LogP contribution in [0.2, 0.25) is 0 Å². The van der Waals surface area contributed by atoms with Gasteiger partial charge < -0.3 is 10.2 Å². The molecule has 1 aliphatic heterocycles. The molecule has 0 aliphatic carbocycles. The first-order chi connectivity index (χ1) is 9.78. The fourth-order valence-corrected chi connectivity index (χ4v) is 2.87. The maximum Gasteiger partial charge on any atom is 0.134 e. The number of piperidine rings is 1. The van der Waals surface area contributed by atoms with E-state index in [0.29, 0.717) is 5.92 Å². The Morgan fingerprint density at radius 3 is 3.00 bits per heavy atom. The molecule has 2 aromatic rings. The second-order valence-corrected chi connectivity index (χ2v) is 5.18. The van der Waals surface area contributed by atoms with Gasteiger partial charge in [-0.15, -0.1) is 0 Å². The number of hydrogen-bond donors (Lipinski definition) is 1. The Bertz CT molecular complexity index is 579. The highest BCUT2D eigenvalue weighted by atomic mass is 15.3. The van der Waals surface area contributed by atoms with E-state index in [-0.39, 0.29) is 0 Å². The van der Waals surface area contributed by atoms with Crippen LogP contribution in [0.3, 0.4) is 0 Å². The standard InChI is InChI=1S/C14H20N6/c1-15-13-8-14(17-10-16-13)20-7-3-4-11(9-20)12-5-6-18-19(12)2/h5-6,8,10-11H,3-4,7,9H2,1-2H3,(H,15,16,17). The SMILES string of the molecule is CNc1cc(N2CCCC(c3ccnn3C)C2)ncn1. The van der Waals surface area contributed by atoms with Crippen LogP contribution in [-0.2, 0) is 7.05 Å². The minimum Gasteiger partial charge on any atom is -0.373 e. The van der Waals surface area contributed by atoms with E-state index in [9.17, 15) is 0 Å². The molecule has 0 saturated carbocycles. The summed E-state index contributed by atoms with van der Waals surface area (Å²) in [5.74, 6) is 2.37. The number of nitrogens with zero attached hydrogens (tertiary/aromatic N) is 5. The summed E-state index contributed by atoms with van der Waals surface area (Å²) in [4.78, 5) is 10.9. The van der Waals surface area contributed by atoms with Gasteiger partial charge in [0.05, 0.1) is 0 Å². The van der Waals surface area contributed by atoms with Crippen LogP contribution in [0.5, 0.6) is 0 Å². The molecule has 106 valence electrons. The maximum atomic E-state index is 4.40. The third-order valence-corrected chi connectivity index (χ3v) is 3.93. The van der Waals surface area contributed by atoms with Gasteiger partial charge in [0.2, 0.25) is 0 Å². The Kier molecular flexibility index (Phi) is 3.54. The highest BCUT2D eigenvalue weighted by molar-refractivity contribution is 5.48. The Morgan fingerprint density at radius 2 is 2.25 bits per heavy atom. The molecular formula is C14H20N6. The Hall–Kier alpha value is -2.11. The first-order valence-corrected chi connectivity index (χ1v) is 7.00. The van der Waals surface area contributed by atoms with E-state index >= 15 is 0 Å². The first kappa shape index (κ1) is 12.9. The number of aryl methyl sites for hydroxylation is 1. The van der Waals surface area contributed by atoms with E-state index in [2.05, 4.69) is 31.3 Å². The van der Waals surface area contributed by atoms with Crippen molar-refractivity contribution in [3.05, 3.63) is 30.4 Å². The van der Waals surface area contributed by atoms with Crippen molar-refractivity contribution in [3.63, 3.8) is 0 Å². The smallest absolute Gasteiger partial charge is 0.134 e. The van der Waals surface area contributed by atoms with Gasteiger partial charge in [-0.2, -0.15) is 5.10 Å². The number of anilines is 2. The molecule has 0 amide bonds. The van der Waals surface area contributed by atoms with Crippen LogP contribution in [0.1, 0.15) is 24.5 Å². The van der Waals surface area contributed by atoms with Gasteiger partial charge in [0.1, 0.15) is 18.0 Å². The van der Waals surface area contributed by atoms with Crippen molar-refractivity contribution < 1.29 is 0 Å². The molecule has 1 atom stereocenters. The molecule has 20 heavy (non-hydrogen) atoms. The van der Waals surface area contributed by atoms with Gasteiger partial charge in [-0.3, -0.25) is 4.68 Å². The van der Waals surface area contributed by atoms with Gasteiger partial charge in [-0.05, 0) is 18.9 Å². The van der Waals surface area contributed by atoms with E-state index in [4.69, 9.17) is 0 Å². The van der Waals surface area contributed by atoms with Crippen molar-refractivity contribution in [1.82, 2.24) is 19.7 Å². The third kappa shape index (κ3) is 2.45. The number of hydrogen-bond acceptors (Lipinski definition) is 5. The predicted octanol–water partition coefficient (Wildman–Crippen LogP) is 1.64. The second-order valence-electron chi connectivity index (χ2n) is 5.18. The average molecular weight is 272 g/mol. The van der Waals surface area contributed by atoms with E-state index in [1.807, 2.05) is 31.0 Å². The van der Waals surface area contributed by atoms with Crippen LogP contribution >= 0.6 is 0 Å². The molecule has 3 rings (SSSR count). The fraction of sp³-hybridized carbons (Fsp3) is 0.500. The topological polar surface area (TPSA) is 58.9 Å². The van der Waals surface area contributed by atoms with Crippen molar-refractivity contribution in [2.75, 3.05) is 30.4 Å². The molecule has 3 heterocycles. The van der Waals surface area contributed by atoms with Crippen molar-refractivity contribution in [1.29, 1.82) is 0 Å². The molecule has 0 spiro atoms. The third-order valence-electron chi connectivity index (χ3n) is 3.93. The number of nitrogens with one attached hydrogen (secondary N) is 1. The molecular weight excluding hydrogens is 252 g/mol. The summed E-state index contributed by atoms with van der Waals surface area (Å²) < 4.78 is 1.98. The lowest BCUT2D eigenvalue weighted by Gasteiger charge is -2.33. The molecule has 6 nitrogen and oxygen atoms in total. The Balaban J connectivity index is 1.79. The van der Waals surface area contributed by atoms with Crippen LogP contribution in [0, 0.1) is 0 Å². The van der Waals surface area contributed by atoms with Crippen LogP contribution < -0.4 is 10.2 Å². The molecule has 1 fully saturated rings. The van der Waals surface area contributed by atoms with E-state index < -0.39 is 0 Å². The summed E-state index contributed by atoms with van der Waals surface area (Å²) in [6.45, 7) is 2.04. The minimum atomic E-state index is 0.518. The summed E-state index contributed by atoms with van der Waals surface area (Å²) in [6, 6.07) is 4.12. The lowest BCUT2D eigenvalue weighted by atomic mass is 9.94. The van der Waals surface area contributed by atoms with E-state index in [0.717, 1.165) is 24.7 Å². The predicted molar refractivity (Wildman–Crippen MR) is 79.0 cm³/mol. The summed E-state index contributed by atoms with van der Waals surface area (Å²) in [7, 11) is 3.89. The zero-order chi connectivity index (χ0) is 13.9. The average Bonchev–Trinajstić information content (AvgIpc) is 2.94. The van der Waals surface area contributed by atoms with Gasteiger partial charge >= 0.3 is 0 Å². The van der Waals surface area contributed by atoms with E-state index in [1.165, 1.54) is 18.5 Å². The molecule has 1 unspecified atom stereocenters. The highest BCUT2D eigenvalue weighted by Crippen LogP contribution is 2.29. The zero-order valence-electron chi connectivity index (χ0n) is 12.0. The van der Waals surface area contributed by atoms with Crippen molar-refractivity contribution >= 4 is 11.6 Å². The largest absolute Gasteiger partial charge is 0.373 e. The normalized spacial score (nSPS) is 19.1. The number of aromatic nitrogens is 4. The second kappa shape index (κ2) is 5.48. The molecule has 1 N–H and O–H groups in total. The van der Waals surface area contributed by atoms with Gasteiger partial charge in [-0.25, -0.2) is 9.97 Å². The fourth-order valence-electron chi connectivity index (χ4n) is 2.87. The molecule has 2 aromatic heterocycles. The first-order valence-electron chi connectivity index (χ1n) is 7.00. The van der Waals surface area contributed by atoms with Crippen LogP contribution in [-0.4, -0.2) is 39.9 Å². The molecule has 0 radical (unpaired) electrons. The minimum absolute atomic E-state index is 0.518. The van der Waals surface area contributed by atoms with Crippen LogP contribution in [0.4, 0.5) is 11.6 Å². The zero-order valence-corrected chi connectivity index (χ0v) is 12.0. The summed E-state index contributed by atoms with van der Waals surface area (Å²) >= 11 is 0. The van der Waals surface area contributed by atoms with Crippen LogP contribution in [0.15, 0.2) is 24.7 Å². The lowest BCUT2D eigenvalue weighted by Crippen LogP contribution is -2.35. The summed E-state index contributed by atoms with van der Waals surface area (Å²) in [5, 5.41) is 7.34. The van der Waals surface area contributed by atoms with Crippen molar-refractivity contribution in [2.24, 2.45) is 7.05 Å². The molecule has 6 heteroatoms. The van der Waals surface area contributed by atoms with Gasteiger partial charge in [0.15, 0.2) is 0 Å². The van der Waals surface area contributed by atoms with Crippen molar-refractivity contribution in [3.8, 4) is 0 Å². The molecule has 1 aliphatic rings. The summed E-state index contributed by atoms with van der Waals surface area (Å²) in [6.07, 6.45) is 5.88. The quantitative estimate of drug-likeness (QED) is 0.920. The van der Waals surface area contributed by atoms with Gasteiger partial charge in [0, 0.05) is 51.1 Å². The van der Waals surface area contributed by atoms with Gasteiger partial charge in [0.25, 0.3) is 0 Å². The van der Waals surface area contributed by atoms with Gasteiger partial charge in [-0.1, -0.05) is 0 Å². The van der Waals surface area contributed by atoms with Crippen molar-refractivity contribution in [2.45, 2.75) is 18.8 Å². The maximum absolute atomic E-state index is 4.40. The van der Waals surface area contributed by atoms with Crippen LogP contribution in [0.25, 0.3) is 0 Å². The number of rotatable bonds is 3.